The van der Waals surface area contributed by atoms with E-state index in [9.17, 15) is 4.79 Å². The first kappa shape index (κ1) is 18.1. The lowest BCUT2D eigenvalue weighted by Crippen LogP contribution is -2.40. The van der Waals surface area contributed by atoms with Gasteiger partial charge in [-0.15, -0.1) is 6.42 Å². The van der Waals surface area contributed by atoms with E-state index in [-0.39, 0.29) is 11.0 Å². The molecular weight excluding hydrogens is 352 g/mol. The van der Waals surface area contributed by atoms with Crippen LogP contribution in [0.1, 0.15) is 43.7 Å². The van der Waals surface area contributed by atoms with E-state index >= 15 is 0 Å². The minimum atomic E-state index is -0.0695. The zero-order chi connectivity index (χ0) is 19.0. The van der Waals surface area contributed by atoms with Gasteiger partial charge in [0.25, 0.3) is 5.56 Å². The highest BCUT2D eigenvalue weighted by molar-refractivity contribution is 7.99. The molecule has 0 atom stereocenters. The maximum atomic E-state index is 13.7. The Morgan fingerprint density at radius 1 is 1.37 bits per heavy atom. The van der Waals surface area contributed by atoms with Gasteiger partial charge in [0.1, 0.15) is 0 Å². The topological polar surface area (TPSA) is 34.9 Å². The lowest BCUT2D eigenvalue weighted by molar-refractivity contribution is 0.417. The van der Waals surface area contributed by atoms with Gasteiger partial charge in [0.05, 0.1) is 17.0 Å². The second-order valence-electron chi connectivity index (χ2n) is 7.78. The summed E-state index contributed by atoms with van der Waals surface area (Å²) >= 11 is 1.46. The van der Waals surface area contributed by atoms with E-state index in [1.165, 1.54) is 30.2 Å². The lowest BCUT2D eigenvalue weighted by atomic mass is 9.68. The van der Waals surface area contributed by atoms with Crippen LogP contribution in [0.4, 0.5) is 0 Å². The quantitative estimate of drug-likeness (QED) is 0.339. The number of aromatic nitrogens is 2. The summed E-state index contributed by atoms with van der Waals surface area (Å²) in [5.74, 6) is 3.14. The van der Waals surface area contributed by atoms with Gasteiger partial charge in [0, 0.05) is 17.5 Å². The molecule has 1 spiro atoms. The fraction of sp³-hybridized carbons (Fsp3) is 0.391. The van der Waals surface area contributed by atoms with Crippen molar-refractivity contribution in [1.29, 1.82) is 0 Å². The van der Waals surface area contributed by atoms with E-state index in [1.54, 1.807) is 4.57 Å². The summed E-state index contributed by atoms with van der Waals surface area (Å²) < 4.78 is 1.79. The van der Waals surface area contributed by atoms with Crippen LogP contribution >= 0.6 is 11.8 Å². The molecule has 0 unspecified atom stereocenters. The zero-order valence-electron chi connectivity index (χ0n) is 15.8. The van der Waals surface area contributed by atoms with Crippen LogP contribution < -0.4 is 5.56 Å². The number of rotatable bonds is 4. The largest absolute Gasteiger partial charge is 0.283 e. The van der Waals surface area contributed by atoms with Gasteiger partial charge in [-0.3, -0.25) is 9.36 Å². The van der Waals surface area contributed by atoms with Crippen LogP contribution in [-0.2, 0) is 18.4 Å². The SMILES string of the molecule is C#CCSc1nc2c(c(=O)n1CC(=C)C)C1(CCCC1)Cc1ccccc1-2. The molecule has 0 saturated heterocycles. The minimum absolute atomic E-state index is 0.0695. The van der Waals surface area contributed by atoms with Gasteiger partial charge in [-0.25, -0.2) is 4.98 Å². The molecular formula is C23H24N2OS. The summed E-state index contributed by atoms with van der Waals surface area (Å²) in [6.07, 6.45) is 10.9. The molecule has 1 aromatic heterocycles. The number of allylic oxidation sites excluding steroid dienone is 1. The van der Waals surface area contributed by atoms with Crippen LogP contribution in [-0.4, -0.2) is 15.3 Å². The minimum Gasteiger partial charge on any atom is -0.283 e. The van der Waals surface area contributed by atoms with Gasteiger partial charge in [-0.05, 0) is 31.7 Å². The number of terminal acetylenes is 1. The van der Waals surface area contributed by atoms with Crippen molar-refractivity contribution in [3.63, 3.8) is 0 Å². The molecule has 1 heterocycles. The zero-order valence-corrected chi connectivity index (χ0v) is 16.6. The Balaban J connectivity index is 2.01. The number of benzene rings is 1. The second kappa shape index (κ2) is 7.05. The molecule has 1 fully saturated rings. The summed E-state index contributed by atoms with van der Waals surface area (Å²) in [7, 11) is 0. The Hall–Kier alpha value is -2.25. The molecule has 1 saturated carbocycles. The third-order valence-corrected chi connectivity index (χ3v) is 6.62. The standard InChI is InChI=1S/C23H24N2OS/c1-4-13-27-22-24-20-18-10-6-5-9-17(18)14-23(11-7-8-12-23)19(20)21(26)25(22)15-16(2)3/h1,5-6,9-10H,2,7-8,11-15H2,3H3. The summed E-state index contributed by atoms with van der Waals surface area (Å²) in [4.78, 5) is 18.7. The Morgan fingerprint density at radius 2 is 2.11 bits per heavy atom. The summed E-state index contributed by atoms with van der Waals surface area (Å²) in [6.45, 7) is 6.45. The molecule has 0 aliphatic heterocycles. The average molecular weight is 377 g/mol. The van der Waals surface area contributed by atoms with E-state index in [1.807, 2.05) is 13.0 Å². The highest BCUT2D eigenvalue weighted by Gasteiger charge is 2.44. The van der Waals surface area contributed by atoms with Gasteiger partial charge in [0.2, 0.25) is 0 Å². The van der Waals surface area contributed by atoms with Crippen LogP contribution in [0, 0.1) is 12.3 Å². The van der Waals surface area contributed by atoms with Crippen LogP contribution in [0.5, 0.6) is 0 Å². The number of hydrogen-bond acceptors (Lipinski definition) is 3. The molecule has 0 amide bonds. The molecule has 4 rings (SSSR count). The maximum absolute atomic E-state index is 13.7. The molecule has 0 bridgehead atoms. The molecule has 3 nitrogen and oxygen atoms in total. The third kappa shape index (κ3) is 3.04. The van der Waals surface area contributed by atoms with Crippen LogP contribution in [0.15, 0.2) is 46.4 Å². The van der Waals surface area contributed by atoms with Gasteiger partial charge in [-0.2, -0.15) is 0 Å². The smallest absolute Gasteiger partial charge is 0.258 e. The predicted octanol–water partition coefficient (Wildman–Crippen LogP) is 4.58. The molecule has 2 aromatic rings. The van der Waals surface area contributed by atoms with Crippen molar-refractivity contribution < 1.29 is 0 Å². The molecule has 0 N–H and O–H groups in total. The van der Waals surface area contributed by atoms with Gasteiger partial charge < -0.3 is 0 Å². The fourth-order valence-corrected chi connectivity index (χ4v) is 5.34. The van der Waals surface area contributed by atoms with E-state index in [2.05, 4.69) is 30.7 Å². The van der Waals surface area contributed by atoms with Crippen LogP contribution in [0.3, 0.4) is 0 Å². The first-order chi connectivity index (χ1) is 13.1. The normalized spacial score (nSPS) is 16.6. The van der Waals surface area contributed by atoms with Crippen molar-refractivity contribution >= 4 is 11.8 Å². The van der Waals surface area contributed by atoms with Gasteiger partial charge in [-0.1, -0.05) is 66.9 Å². The third-order valence-electron chi connectivity index (χ3n) is 5.74. The van der Waals surface area contributed by atoms with Crippen LogP contribution in [0.25, 0.3) is 11.3 Å². The summed E-state index contributed by atoms with van der Waals surface area (Å²) in [5.41, 5.74) is 5.18. The van der Waals surface area contributed by atoms with E-state index in [0.29, 0.717) is 17.5 Å². The van der Waals surface area contributed by atoms with Crippen molar-refractivity contribution in [2.24, 2.45) is 0 Å². The van der Waals surface area contributed by atoms with E-state index in [4.69, 9.17) is 11.4 Å². The fourth-order valence-electron chi connectivity index (χ4n) is 4.67. The van der Waals surface area contributed by atoms with Crippen molar-refractivity contribution in [2.75, 3.05) is 5.75 Å². The highest BCUT2D eigenvalue weighted by Crippen LogP contribution is 2.49. The number of fused-ring (bicyclic) bond motifs is 4. The first-order valence-corrected chi connectivity index (χ1v) is 10.5. The molecule has 27 heavy (non-hydrogen) atoms. The van der Waals surface area contributed by atoms with E-state index < -0.39 is 0 Å². The number of thioether (sulfide) groups is 1. The molecule has 1 aromatic carbocycles. The van der Waals surface area contributed by atoms with Crippen molar-refractivity contribution in [1.82, 2.24) is 9.55 Å². The van der Waals surface area contributed by atoms with Gasteiger partial charge in [0.15, 0.2) is 5.16 Å². The van der Waals surface area contributed by atoms with E-state index in [0.717, 1.165) is 41.7 Å². The van der Waals surface area contributed by atoms with Crippen LogP contribution in [0.2, 0.25) is 0 Å². The Morgan fingerprint density at radius 3 is 2.81 bits per heavy atom. The maximum Gasteiger partial charge on any atom is 0.258 e. The summed E-state index contributed by atoms with van der Waals surface area (Å²) in [5, 5.41) is 0.699. The van der Waals surface area contributed by atoms with Crippen molar-refractivity contribution in [3.05, 3.63) is 57.9 Å². The van der Waals surface area contributed by atoms with Crippen molar-refractivity contribution in [3.8, 4) is 23.6 Å². The van der Waals surface area contributed by atoms with Gasteiger partial charge >= 0.3 is 0 Å². The Kier molecular flexibility index (Phi) is 4.74. The molecule has 4 heteroatoms. The summed E-state index contributed by atoms with van der Waals surface area (Å²) in [6, 6.07) is 8.40. The lowest BCUT2D eigenvalue weighted by Gasteiger charge is -2.36. The number of nitrogens with zero attached hydrogens (tertiary/aromatic N) is 2. The molecule has 138 valence electrons. The molecule has 2 aliphatic carbocycles. The first-order valence-electron chi connectivity index (χ1n) is 9.50. The number of hydrogen-bond donors (Lipinski definition) is 0. The predicted molar refractivity (Wildman–Crippen MR) is 112 cm³/mol. The molecule has 0 radical (unpaired) electrons. The molecule has 2 aliphatic rings. The Labute approximate surface area is 164 Å². The Bertz CT molecular complexity index is 1010. The average Bonchev–Trinajstić information content (AvgIpc) is 3.10. The van der Waals surface area contributed by atoms with Crippen molar-refractivity contribution in [2.45, 2.75) is 56.1 Å². The highest BCUT2D eigenvalue weighted by atomic mass is 32.2. The monoisotopic (exact) mass is 376 g/mol. The second-order valence-corrected chi connectivity index (χ2v) is 8.72.